The molecule has 0 aliphatic heterocycles. The lowest BCUT2D eigenvalue weighted by Crippen LogP contribution is -1.97. The van der Waals surface area contributed by atoms with Crippen molar-refractivity contribution in [1.82, 2.24) is 0 Å². The van der Waals surface area contributed by atoms with Crippen LogP contribution >= 0.6 is 11.3 Å². The fraction of sp³-hybridized carbons (Fsp3) is 0.143. The summed E-state index contributed by atoms with van der Waals surface area (Å²) in [4.78, 5) is 24.5. The van der Waals surface area contributed by atoms with Crippen LogP contribution in [0.15, 0.2) is 16.4 Å². The number of hydrogen-bond acceptors (Lipinski definition) is 5. The summed E-state index contributed by atoms with van der Waals surface area (Å²) in [5.41, 5.74) is 0.307. The molecular weight excluding hydrogens is 194 g/mol. The summed E-state index contributed by atoms with van der Waals surface area (Å²) in [5.74, 6) is -0.487. The first kappa shape index (κ1) is 11.5. The molecular formula is C7H7NO4S. The summed E-state index contributed by atoms with van der Waals surface area (Å²) in [7, 11) is 1.27. The van der Waals surface area contributed by atoms with Crippen molar-refractivity contribution >= 4 is 29.1 Å². The van der Waals surface area contributed by atoms with E-state index in [4.69, 9.17) is 0 Å². The van der Waals surface area contributed by atoms with Crippen LogP contribution in [-0.4, -0.2) is 24.6 Å². The van der Waals surface area contributed by atoms with Crippen molar-refractivity contribution in [2.75, 3.05) is 7.11 Å². The van der Waals surface area contributed by atoms with Crippen LogP contribution in [0.3, 0.4) is 0 Å². The maximum Gasteiger partial charge on any atom is 0.350 e. The van der Waals surface area contributed by atoms with Crippen LogP contribution in [0.5, 0.6) is 0 Å². The first-order valence-electron chi connectivity index (χ1n) is 3.03. The topological polar surface area (TPSA) is 87.2 Å². The molecule has 0 bridgehead atoms. The normalized spacial score (nSPS) is 8.08. The third-order valence-corrected chi connectivity index (χ3v) is 2.07. The molecule has 0 saturated heterocycles. The summed E-state index contributed by atoms with van der Waals surface area (Å²) < 4.78 is 4.46. The standard InChI is InChI=1S/C7H5NO3S.H2O/c1-11-7(10)6-5(8-4-9)2-3-12-6;/h2-3H,1H3;1H2. The lowest BCUT2D eigenvalue weighted by Gasteiger charge is -1.93. The van der Waals surface area contributed by atoms with E-state index >= 15 is 0 Å². The molecule has 0 atom stereocenters. The van der Waals surface area contributed by atoms with E-state index in [2.05, 4.69) is 9.73 Å². The van der Waals surface area contributed by atoms with Crippen LogP contribution in [0.2, 0.25) is 0 Å². The Balaban J connectivity index is 0.00000144. The van der Waals surface area contributed by atoms with Crippen molar-refractivity contribution in [1.29, 1.82) is 0 Å². The van der Waals surface area contributed by atoms with Crippen molar-refractivity contribution in [3.8, 4) is 0 Å². The number of rotatable bonds is 2. The summed E-state index contributed by atoms with van der Waals surface area (Å²) in [5, 5.41) is 1.66. The molecule has 1 aromatic heterocycles. The Hall–Kier alpha value is -1.49. The zero-order valence-corrected chi connectivity index (χ0v) is 7.55. The van der Waals surface area contributed by atoms with Gasteiger partial charge in [-0.05, 0) is 11.4 Å². The predicted molar refractivity (Wildman–Crippen MR) is 47.1 cm³/mol. The van der Waals surface area contributed by atoms with E-state index in [1.54, 1.807) is 11.4 Å². The molecule has 0 unspecified atom stereocenters. The van der Waals surface area contributed by atoms with Gasteiger partial charge in [0.1, 0.15) is 10.6 Å². The minimum Gasteiger partial charge on any atom is -0.465 e. The van der Waals surface area contributed by atoms with Gasteiger partial charge < -0.3 is 10.2 Å². The zero-order valence-electron chi connectivity index (χ0n) is 6.73. The zero-order chi connectivity index (χ0) is 8.97. The Morgan fingerprint density at radius 3 is 2.92 bits per heavy atom. The minimum atomic E-state index is -0.487. The SMILES string of the molecule is COC(=O)c1sccc1N=C=O.O. The Kier molecular flexibility index (Phi) is 4.61. The number of carbonyl (C=O) groups excluding carboxylic acids is 2. The summed E-state index contributed by atoms with van der Waals surface area (Å²) >= 11 is 1.17. The van der Waals surface area contributed by atoms with Gasteiger partial charge in [-0.1, -0.05) is 0 Å². The average molecular weight is 201 g/mol. The lowest BCUT2D eigenvalue weighted by molar-refractivity contribution is 0.0607. The summed E-state index contributed by atoms with van der Waals surface area (Å²) in [6.45, 7) is 0. The van der Waals surface area contributed by atoms with Gasteiger partial charge in [0, 0.05) is 0 Å². The molecule has 70 valence electrons. The number of carbonyl (C=O) groups is 1. The number of thiophene rings is 1. The van der Waals surface area contributed by atoms with Gasteiger partial charge in [0.15, 0.2) is 0 Å². The fourth-order valence-corrected chi connectivity index (χ4v) is 1.43. The number of aliphatic imine (C=N–C) groups is 1. The first-order chi connectivity index (χ1) is 5.79. The van der Waals surface area contributed by atoms with Crippen molar-refractivity contribution in [2.45, 2.75) is 0 Å². The lowest BCUT2D eigenvalue weighted by atomic mass is 10.4. The molecule has 1 aromatic rings. The average Bonchev–Trinajstić information content (AvgIpc) is 2.52. The quantitative estimate of drug-likeness (QED) is 0.400. The Morgan fingerprint density at radius 2 is 2.38 bits per heavy atom. The molecule has 5 nitrogen and oxygen atoms in total. The highest BCUT2D eigenvalue weighted by atomic mass is 32.1. The van der Waals surface area contributed by atoms with E-state index in [1.807, 2.05) is 0 Å². The molecule has 6 heteroatoms. The number of methoxy groups -OCH3 is 1. The monoisotopic (exact) mass is 201 g/mol. The maximum absolute atomic E-state index is 11.0. The fourth-order valence-electron chi connectivity index (χ4n) is 0.685. The van der Waals surface area contributed by atoms with Gasteiger partial charge in [-0.2, -0.15) is 4.99 Å². The van der Waals surface area contributed by atoms with Crippen LogP contribution in [0.4, 0.5) is 5.69 Å². The number of esters is 1. The van der Waals surface area contributed by atoms with Crippen molar-refractivity contribution in [3.05, 3.63) is 16.3 Å². The van der Waals surface area contributed by atoms with Gasteiger partial charge in [-0.25, -0.2) is 9.59 Å². The van der Waals surface area contributed by atoms with Gasteiger partial charge in [0.2, 0.25) is 6.08 Å². The van der Waals surface area contributed by atoms with Crippen LogP contribution < -0.4 is 0 Å². The molecule has 0 radical (unpaired) electrons. The van der Waals surface area contributed by atoms with E-state index in [1.165, 1.54) is 24.5 Å². The van der Waals surface area contributed by atoms with Crippen LogP contribution in [-0.2, 0) is 9.53 Å². The van der Waals surface area contributed by atoms with Gasteiger partial charge in [0.25, 0.3) is 0 Å². The highest BCUT2D eigenvalue weighted by molar-refractivity contribution is 7.12. The van der Waals surface area contributed by atoms with E-state index in [0.717, 1.165) is 0 Å². The molecule has 0 spiro atoms. The third kappa shape index (κ3) is 2.48. The number of nitrogens with zero attached hydrogens (tertiary/aromatic N) is 1. The highest BCUT2D eigenvalue weighted by Crippen LogP contribution is 2.25. The van der Waals surface area contributed by atoms with Crippen LogP contribution in [0.1, 0.15) is 9.67 Å². The highest BCUT2D eigenvalue weighted by Gasteiger charge is 2.12. The summed E-state index contributed by atoms with van der Waals surface area (Å²) in [6.07, 6.45) is 1.36. The first-order valence-corrected chi connectivity index (χ1v) is 3.91. The predicted octanol–water partition coefficient (Wildman–Crippen LogP) is 0.677. The number of ether oxygens (including phenoxy) is 1. The molecule has 0 amide bonds. The van der Waals surface area contributed by atoms with Crippen LogP contribution in [0.25, 0.3) is 0 Å². The van der Waals surface area contributed by atoms with Crippen molar-refractivity contribution < 1.29 is 19.8 Å². The van der Waals surface area contributed by atoms with E-state index < -0.39 is 5.97 Å². The second-order valence-electron chi connectivity index (χ2n) is 1.83. The van der Waals surface area contributed by atoms with Crippen molar-refractivity contribution in [2.24, 2.45) is 4.99 Å². The van der Waals surface area contributed by atoms with E-state index in [9.17, 15) is 9.59 Å². The molecule has 0 aliphatic rings. The Labute approximate surface area is 78.0 Å². The van der Waals surface area contributed by atoms with Gasteiger partial charge in [-0.15, -0.1) is 11.3 Å². The Morgan fingerprint density at radius 1 is 1.69 bits per heavy atom. The Bertz CT molecular complexity index is 340. The second-order valence-corrected chi connectivity index (χ2v) is 2.75. The molecule has 0 aromatic carbocycles. The maximum atomic E-state index is 11.0. The molecule has 1 rings (SSSR count). The smallest absolute Gasteiger partial charge is 0.350 e. The van der Waals surface area contributed by atoms with Gasteiger partial charge in [0.05, 0.1) is 7.11 Å². The molecule has 0 fully saturated rings. The molecule has 2 N–H and O–H groups in total. The largest absolute Gasteiger partial charge is 0.465 e. The molecule has 1 heterocycles. The third-order valence-electron chi connectivity index (χ3n) is 1.18. The summed E-state index contributed by atoms with van der Waals surface area (Å²) in [6, 6.07) is 1.56. The number of isocyanates is 1. The molecule has 0 aliphatic carbocycles. The minimum absolute atomic E-state index is 0. The second kappa shape index (κ2) is 5.21. The molecule has 0 saturated carbocycles. The number of hydrogen-bond donors (Lipinski definition) is 0. The van der Waals surface area contributed by atoms with Gasteiger partial charge in [-0.3, -0.25) is 0 Å². The van der Waals surface area contributed by atoms with E-state index in [0.29, 0.717) is 10.6 Å². The van der Waals surface area contributed by atoms with Crippen molar-refractivity contribution in [3.63, 3.8) is 0 Å². The van der Waals surface area contributed by atoms with E-state index in [-0.39, 0.29) is 5.48 Å². The molecule has 13 heavy (non-hydrogen) atoms. The van der Waals surface area contributed by atoms with Crippen LogP contribution in [0, 0.1) is 0 Å². The van der Waals surface area contributed by atoms with Gasteiger partial charge >= 0.3 is 5.97 Å².